The van der Waals surface area contributed by atoms with Crippen molar-refractivity contribution >= 4 is 0 Å². The second kappa shape index (κ2) is 11.4. The average molecular weight is 521 g/mol. The molecule has 0 N–H and O–H groups in total. The number of hydrogen-bond acceptors (Lipinski definition) is 2. The fraction of sp³-hybridized carbons (Fsp3) is 0.310. The van der Waals surface area contributed by atoms with Gasteiger partial charge < -0.3 is 9.47 Å². The number of alkyl halides is 2. The molecule has 2 unspecified atom stereocenters. The van der Waals surface area contributed by atoms with Crippen molar-refractivity contribution in [1.29, 1.82) is 0 Å². The molecule has 2 nitrogen and oxygen atoms in total. The van der Waals surface area contributed by atoms with Gasteiger partial charge in [0.2, 0.25) is 0 Å². The number of halogens is 6. The van der Waals surface area contributed by atoms with Gasteiger partial charge in [0.1, 0.15) is 5.82 Å². The van der Waals surface area contributed by atoms with E-state index in [1.807, 2.05) is 0 Å². The van der Waals surface area contributed by atoms with E-state index in [0.717, 1.165) is 31.4 Å². The molecular formula is C29H26F6O2. The van der Waals surface area contributed by atoms with Crippen molar-refractivity contribution in [1.82, 2.24) is 0 Å². The maximum absolute atomic E-state index is 15.0. The molecule has 2 atom stereocenters. The predicted molar refractivity (Wildman–Crippen MR) is 129 cm³/mol. The molecule has 0 aromatic heterocycles. The predicted octanol–water partition coefficient (Wildman–Crippen LogP) is 8.97. The molecule has 3 aromatic rings. The summed E-state index contributed by atoms with van der Waals surface area (Å²) < 4.78 is 90.4. The second-order valence-electron chi connectivity index (χ2n) is 9.07. The number of aryl methyl sites for hydroxylation is 1. The highest BCUT2D eigenvalue weighted by Gasteiger charge is 2.32. The van der Waals surface area contributed by atoms with Gasteiger partial charge in [0.05, 0.1) is 18.8 Å². The van der Waals surface area contributed by atoms with Gasteiger partial charge in [-0.3, -0.25) is 0 Å². The minimum atomic E-state index is -4.40. The number of benzene rings is 3. The zero-order valence-electron chi connectivity index (χ0n) is 20.1. The van der Waals surface area contributed by atoms with E-state index in [2.05, 4.69) is 35.9 Å². The molecule has 0 saturated carbocycles. The smallest absolute Gasteiger partial charge is 0.425 e. The lowest BCUT2D eigenvalue weighted by atomic mass is 9.88. The molecule has 0 aliphatic carbocycles. The third-order valence-corrected chi connectivity index (χ3v) is 6.40. The van der Waals surface area contributed by atoms with Gasteiger partial charge in [-0.25, -0.2) is 8.78 Å². The van der Waals surface area contributed by atoms with Crippen LogP contribution in [0.3, 0.4) is 0 Å². The quantitative estimate of drug-likeness (QED) is 0.276. The Balaban J connectivity index is 1.42. The van der Waals surface area contributed by atoms with Gasteiger partial charge in [-0.2, -0.15) is 17.6 Å². The summed E-state index contributed by atoms with van der Waals surface area (Å²) in [7, 11) is 0. The van der Waals surface area contributed by atoms with Crippen molar-refractivity contribution in [3.8, 4) is 16.9 Å². The molecule has 3 aromatic carbocycles. The summed E-state index contributed by atoms with van der Waals surface area (Å²) in [6, 6.07) is 15.9. The fourth-order valence-corrected chi connectivity index (χ4v) is 4.54. The topological polar surface area (TPSA) is 18.5 Å². The van der Waals surface area contributed by atoms with Crippen LogP contribution in [0.4, 0.5) is 26.3 Å². The Labute approximate surface area is 211 Å². The van der Waals surface area contributed by atoms with Crippen LogP contribution in [0.2, 0.25) is 0 Å². The van der Waals surface area contributed by atoms with E-state index in [4.69, 9.17) is 4.74 Å². The molecule has 0 spiro atoms. The van der Waals surface area contributed by atoms with Gasteiger partial charge in [-0.05, 0) is 59.7 Å². The molecule has 1 aliphatic rings. The summed E-state index contributed by atoms with van der Waals surface area (Å²) in [5.41, 5.74) is 3.31. The van der Waals surface area contributed by atoms with Crippen LogP contribution in [0.25, 0.3) is 11.1 Å². The van der Waals surface area contributed by atoms with Gasteiger partial charge in [0.15, 0.2) is 11.6 Å². The first kappa shape index (κ1) is 26.8. The van der Waals surface area contributed by atoms with Crippen molar-refractivity contribution < 1.29 is 35.8 Å². The Morgan fingerprint density at radius 3 is 2.27 bits per heavy atom. The Bertz CT molecular complexity index is 1240. The molecule has 0 radical (unpaired) electrons. The molecule has 37 heavy (non-hydrogen) atoms. The van der Waals surface area contributed by atoms with Crippen molar-refractivity contribution in [3.63, 3.8) is 0 Å². The Kier molecular flexibility index (Phi) is 8.27. The third kappa shape index (κ3) is 6.74. The van der Waals surface area contributed by atoms with Crippen LogP contribution in [0.5, 0.6) is 5.75 Å². The normalized spacial score (nSPS) is 17.9. The average Bonchev–Trinajstić information content (AvgIpc) is 2.85. The van der Waals surface area contributed by atoms with Gasteiger partial charge >= 0.3 is 6.11 Å². The lowest BCUT2D eigenvalue weighted by Crippen LogP contribution is -2.22. The molecule has 1 aliphatic heterocycles. The molecule has 4 rings (SSSR count). The number of ether oxygens (including phenoxy) is 2. The summed E-state index contributed by atoms with van der Waals surface area (Å²) in [6.45, 7) is 2.66. The third-order valence-electron chi connectivity index (χ3n) is 6.40. The SMILES string of the molecule is CCCc1ccc(C2CCC(c3ccc(-c4ccc(OC(F)(F)C=C(F)F)c(F)c4)c(F)c3)OC2)cc1. The molecule has 8 heteroatoms. The van der Waals surface area contributed by atoms with Crippen LogP contribution in [-0.2, 0) is 11.2 Å². The Hall–Kier alpha value is -3.26. The van der Waals surface area contributed by atoms with Gasteiger partial charge in [-0.1, -0.05) is 55.8 Å². The van der Waals surface area contributed by atoms with E-state index >= 15 is 0 Å². The highest BCUT2D eigenvalue weighted by atomic mass is 19.3. The molecule has 1 heterocycles. The van der Waals surface area contributed by atoms with Crippen LogP contribution in [0, 0.1) is 11.6 Å². The zero-order chi connectivity index (χ0) is 26.6. The van der Waals surface area contributed by atoms with Crippen LogP contribution >= 0.6 is 0 Å². The molecule has 196 valence electrons. The minimum absolute atomic E-state index is 0.0523. The Morgan fingerprint density at radius 1 is 0.946 bits per heavy atom. The van der Waals surface area contributed by atoms with Crippen LogP contribution < -0.4 is 4.74 Å². The van der Waals surface area contributed by atoms with E-state index in [1.165, 1.54) is 29.3 Å². The first-order valence-corrected chi connectivity index (χ1v) is 12.1. The van der Waals surface area contributed by atoms with Crippen molar-refractivity contribution in [2.45, 2.75) is 50.7 Å². The minimum Gasteiger partial charge on any atom is -0.426 e. The summed E-state index contributed by atoms with van der Waals surface area (Å²) in [4.78, 5) is 0. The van der Waals surface area contributed by atoms with Gasteiger partial charge in [-0.15, -0.1) is 0 Å². The monoisotopic (exact) mass is 520 g/mol. The lowest BCUT2D eigenvalue weighted by Gasteiger charge is -2.30. The first-order valence-electron chi connectivity index (χ1n) is 12.1. The zero-order valence-corrected chi connectivity index (χ0v) is 20.1. The van der Waals surface area contributed by atoms with Crippen molar-refractivity contribution in [2.24, 2.45) is 0 Å². The molecular weight excluding hydrogens is 494 g/mol. The highest BCUT2D eigenvalue weighted by molar-refractivity contribution is 5.65. The van der Waals surface area contributed by atoms with Crippen molar-refractivity contribution in [3.05, 3.63) is 101 Å². The molecule has 0 amide bonds. The standard InChI is InChI=1S/C29H26F6O2/c1-2-3-18-4-6-19(7-5-18)22-10-12-26(36-17-22)21-8-11-23(24(30)15-21)20-9-13-27(25(31)14-20)37-29(34,35)16-28(32)33/h4-9,11,13-16,22,26H,2-3,10,12,17H2,1H3. The second-order valence-corrected chi connectivity index (χ2v) is 9.07. The number of hydrogen-bond donors (Lipinski definition) is 0. The van der Waals surface area contributed by atoms with E-state index in [0.29, 0.717) is 18.6 Å². The largest absolute Gasteiger partial charge is 0.426 e. The maximum Gasteiger partial charge on any atom is 0.425 e. The number of rotatable bonds is 8. The van der Waals surface area contributed by atoms with E-state index in [1.54, 1.807) is 6.07 Å². The fourth-order valence-electron chi connectivity index (χ4n) is 4.54. The molecule has 0 bridgehead atoms. The summed E-state index contributed by atoms with van der Waals surface area (Å²) in [6.07, 6.45) is -4.32. The molecule has 1 saturated heterocycles. The highest BCUT2D eigenvalue weighted by Crippen LogP contribution is 2.37. The van der Waals surface area contributed by atoms with Crippen LogP contribution in [0.1, 0.15) is 54.9 Å². The van der Waals surface area contributed by atoms with E-state index < -0.39 is 35.6 Å². The first-order chi connectivity index (χ1) is 17.6. The summed E-state index contributed by atoms with van der Waals surface area (Å²) in [5, 5.41) is 0. The Morgan fingerprint density at radius 2 is 1.68 bits per heavy atom. The van der Waals surface area contributed by atoms with Crippen LogP contribution in [-0.4, -0.2) is 12.7 Å². The van der Waals surface area contributed by atoms with Crippen LogP contribution in [0.15, 0.2) is 72.8 Å². The van der Waals surface area contributed by atoms with E-state index in [9.17, 15) is 26.3 Å². The van der Waals surface area contributed by atoms with E-state index in [-0.39, 0.29) is 23.1 Å². The van der Waals surface area contributed by atoms with Gasteiger partial charge in [0.25, 0.3) is 6.08 Å². The lowest BCUT2D eigenvalue weighted by molar-refractivity contribution is -0.135. The maximum atomic E-state index is 15.0. The van der Waals surface area contributed by atoms with Crippen molar-refractivity contribution in [2.75, 3.05) is 6.61 Å². The molecule has 1 fully saturated rings. The summed E-state index contributed by atoms with van der Waals surface area (Å²) >= 11 is 0. The van der Waals surface area contributed by atoms with Gasteiger partial charge in [0, 0.05) is 11.5 Å². The summed E-state index contributed by atoms with van der Waals surface area (Å²) in [5.74, 6) is -2.54.